The van der Waals surface area contributed by atoms with Crippen LogP contribution in [-0.4, -0.2) is 50.5 Å². The molecular weight excluding hydrogens is 372 g/mol. The van der Waals surface area contributed by atoms with E-state index < -0.39 is 0 Å². The van der Waals surface area contributed by atoms with E-state index in [1.165, 1.54) is 36.9 Å². The number of piperazine rings is 1. The summed E-state index contributed by atoms with van der Waals surface area (Å²) in [4.78, 5) is 16.6. The Bertz CT molecular complexity index is 644. The first-order chi connectivity index (χ1) is 12.9. The Labute approximate surface area is 177 Å². The maximum atomic E-state index is 11.8. The third kappa shape index (κ3) is 5.64. The third-order valence-electron chi connectivity index (χ3n) is 6.52. The highest BCUT2D eigenvalue weighted by Crippen LogP contribution is 2.45. The molecule has 0 amide bonds. The molecule has 1 saturated carbocycles. The maximum Gasteiger partial charge on any atom is 0.146 e. The fourth-order valence-electron chi connectivity index (χ4n) is 4.49. The first-order valence-corrected chi connectivity index (χ1v) is 10.6. The summed E-state index contributed by atoms with van der Waals surface area (Å²) in [5.74, 6) is 1.93. The van der Waals surface area contributed by atoms with Crippen LogP contribution in [0.25, 0.3) is 0 Å². The van der Waals surface area contributed by atoms with E-state index in [1.807, 2.05) is 6.92 Å². The number of nitrogens with zero attached hydrogens (tertiary/aromatic N) is 2. The molecule has 4 nitrogen and oxygen atoms in total. The number of ketones is 1. The first-order valence-electron chi connectivity index (χ1n) is 10.6. The fourth-order valence-corrected chi connectivity index (χ4v) is 4.49. The number of Topliss-reactive ketones (excluding diaryl/α,β-unsaturated/α-hetero) is 1. The van der Waals surface area contributed by atoms with Crippen LogP contribution in [-0.2, 0) is 4.79 Å². The molecule has 1 aliphatic carbocycles. The first kappa shape index (κ1) is 23.0. The molecule has 3 rings (SSSR count). The average molecular weight is 409 g/mol. The van der Waals surface area contributed by atoms with Gasteiger partial charge in [-0.1, -0.05) is 26.8 Å². The molecule has 0 bridgehead atoms. The Morgan fingerprint density at radius 1 is 1.14 bits per heavy atom. The molecule has 0 spiro atoms. The van der Waals surface area contributed by atoms with Crippen LogP contribution in [0, 0.1) is 5.41 Å². The van der Waals surface area contributed by atoms with Gasteiger partial charge >= 0.3 is 0 Å². The molecule has 1 heterocycles. The standard InChI is InChI=1S/C23H36N2O2.ClH/c1-5-19(26)17-24-12-14-25(15-13-24)22-16-20(27-4)6-7-21(22)18-8-10-23(2,3)11-9-18;/h6-7,16,18H,5,8-15,17H2,1-4H3;1H. The smallest absolute Gasteiger partial charge is 0.146 e. The summed E-state index contributed by atoms with van der Waals surface area (Å²) in [6.45, 7) is 11.2. The average Bonchev–Trinajstić information content (AvgIpc) is 2.68. The highest BCUT2D eigenvalue weighted by molar-refractivity contribution is 5.85. The SMILES string of the molecule is CCC(=O)CN1CCN(c2cc(OC)ccc2C2CCC(C)(C)CC2)CC1.Cl. The van der Waals surface area contributed by atoms with Crippen LogP contribution in [0.3, 0.4) is 0 Å². The number of carbonyl (C=O) groups is 1. The lowest BCUT2D eigenvalue weighted by atomic mass is 9.71. The second-order valence-electron chi connectivity index (χ2n) is 9.02. The van der Waals surface area contributed by atoms with Crippen molar-refractivity contribution in [2.24, 2.45) is 5.41 Å². The predicted octanol–water partition coefficient (Wildman–Crippen LogP) is 4.90. The number of carbonyl (C=O) groups excluding carboxylic acids is 1. The van der Waals surface area contributed by atoms with Gasteiger partial charge in [0.05, 0.1) is 13.7 Å². The normalized spacial score (nSPS) is 20.5. The molecule has 0 unspecified atom stereocenters. The molecule has 28 heavy (non-hydrogen) atoms. The van der Waals surface area contributed by atoms with Crippen molar-refractivity contribution in [1.82, 2.24) is 4.90 Å². The van der Waals surface area contributed by atoms with Gasteiger partial charge in [0, 0.05) is 44.4 Å². The van der Waals surface area contributed by atoms with Crippen LogP contribution < -0.4 is 9.64 Å². The summed E-state index contributed by atoms with van der Waals surface area (Å²) < 4.78 is 5.53. The number of ether oxygens (including phenoxy) is 1. The zero-order valence-corrected chi connectivity index (χ0v) is 18.8. The van der Waals surface area contributed by atoms with Crippen molar-refractivity contribution < 1.29 is 9.53 Å². The molecule has 1 aliphatic heterocycles. The summed E-state index contributed by atoms with van der Waals surface area (Å²) in [6, 6.07) is 6.64. The fraction of sp³-hybridized carbons (Fsp3) is 0.696. The Kier molecular flexibility index (Phi) is 8.20. The van der Waals surface area contributed by atoms with Crippen LogP contribution in [0.2, 0.25) is 0 Å². The van der Waals surface area contributed by atoms with Gasteiger partial charge in [0.15, 0.2) is 0 Å². The highest BCUT2D eigenvalue weighted by atomic mass is 35.5. The van der Waals surface area contributed by atoms with Crippen molar-refractivity contribution >= 4 is 23.9 Å². The summed E-state index contributed by atoms with van der Waals surface area (Å²) in [7, 11) is 1.75. The number of halogens is 1. The summed E-state index contributed by atoms with van der Waals surface area (Å²) in [5.41, 5.74) is 3.32. The van der Waals surface area contributed by atoms with Crippen LogP contribution in [0.15, 0.2) is 18.2 Å². The number of hydrogen-bond acceptors (Lipinski definition) is 4. The number of hydrogen-bond donors (Lipinski definition) is 0. The van der Waals surface area contributed by atoms with E-state index in [0.717, 1.165) is 31.9 Å². The molecule has 2 fully saturated rings. The van der Waals surface area contributed by atoms with Gasteiger partial charge in [-0.25, -0.2) is 0 Å². The monoisotopic (exact) mass is 408 g/mol. The van der Waals surface area contributed by atoms with Gasteiger partial charge in [-0.05, 0) is 48.6 Å². The summed E-state index contributed by atoms with van der Waals surface area (Å²) in [5, 5.41) is 0. The molecule has 0 aromatic heterocycles. The largest absolute Gasteiger partial charge is 0.497 e. The third-order valence-corrected chi connectivity index (χ3v) is 6.52. The molecule has 1 aromatic rings. The van der Waals surface area contributed by atoms with Crippen molar-refractivity contribution in [3.63, 3.8) is 0 Å². The van der Waals surface area contributed by atoms with Crippen LogP contribution in [0.4, 0.5) is 5.69 Å². The van der Waals surface area contributed by atoms with Gasteiger partial charge in [0.2, 0.25) is 0 Å². The highest BCUT2D eigenvalue weighted by Gasteiger charge is 2.30. The van der Waals surface area contributed by atoms with E-state index >= 15 is 0 Å². The van der Waals surface area contributed by atoms with Crippen molar-refractivity contribution in [3.8, 4) is 5.75 Å². The second-order valence-corrected chi connectivity index (χ2v) is 9.02. The molecule has 1 saturated heterocycles. The quantitative estimate of drug-likeness (QED) is 0.670. The zero-order valence-electron chi connectivity index (χ0n) is 18.0. The lowest BCUT2D eigenvalue weighted by Crippen LogP contribution is -2.48. The minimum Gasteiger partial charge on any atom is -0.497 e. The molecule has 0 N–H and O–H groups in total. The van der Waals surface area contributed by atoms with Gasteiger partial charge in [0.1, 0.15) is 11.5 Å². The Morgan fingerprint density at radius 2 is 1.79 bits per heavy atom. The molecule has 0 atom stereocenters. The zero-order chi connectivity index (χ0) is 19.4. The Morgan fingerprint density at radius 3 is 2.36 bits per heavy atom. The van der Waals surface area contributed by atoms with Crippen molar-refractivity contribution in [3.05, 3.63) is 23.8 Å². The lowest BCUT2D eigenvalue weighted by Gasteiger charge is -2.39. The van der Waals surface area contributed by atoms with Gasteiger partial charge in [-0.2, -0.15) is 0 Å². The van der Waals surface area contributed by atoms with E-state index in [1.54, 1.807) is 7.11 Å². The number of rotatable bonds is 6. The lowest BCUT2D eigenvalue weighted by molar-refractivity contribution is -0.119. The topological polar surface area (TPSA) is 32.8 Å². The van der Waals surface area contributed by atoms with Crippen molar-refractivity contribution in [1.29, 1.82) is 0 Å². The summed E-state index contributed by atoms with van der Waals surface area (Å²) in [6.07, 6.45) is 5.79. The van der Waals surface area contributed by atoms with Gasteiger partial charge < -0.3 is 9.64 Å². The second kappa shape index (κ2) is 9.98. The van der Waals surface area contributed by atoms with E-state index in [9.17, 15) is 4.79 Å². The molecule has 5 heteroatoms. The molecule has 158 valence electrons. The van der Waals surface area contributed by atoms with Crippen LogP contribution in [0.5, 0.6) is 5.75 Å². The Hall–Kier alpha value is -1.26. The van der Waals surface area contributed by atoms with Crippen LogP contribution >= 0.6 is 12.4 Å². The molecule has 2 aliphatic rings. The van der Waals surface area contributed by atoms with Crippen molar-refractivity contribution in [2.75, 3.05) is 44.7 Å². The number of benzene rings is 1. The van der Waals surface area contributed by atoms with E-state index in [-0.39, 0.29) is 12.4 Å². The molecular formula is C23H37ClN2O2. The predicted molar refractivity (Wildman–Crippen MR) is 119 cm³/mol. The van der Waals surface area contributed by atoms with Crippen LogP contribution in [0.1, 0.15) is 64.4 Å². The maximum absolute atomic E-state index is 11.8. The molecule has 1 aromatic carbocycles. The van der Waals surface area contributed by atoms with E-state index in [0.29, 0.717) is 30.1 Å². The van der Waals surface area contributed by atoms with E-state index in [4.69, 9.17) is 4.74 Å². The van der Waals surface area contributed by atoms with Gasteiger partial charge in [-0.15, -0.1) is 12.4 Å². The van der Waals surface area contributed by atoms with Gasteiger partial charge in [0.25, 0.3) is 0 Å². The minimum atomic E-state index is 0. The minimum absolute atomic E-state index is 0. The van der Waals surface area contributed by atoms with Gasteiger partial charge in [-0.3, -0.25) is 9.69 Å². The van der Waals surface area contributed by atoms with E-state index in [2.05, 4.69) is 41.8 Å². The van der Waals surface area contributed by atoms with Crippen molar-refractivity contribution in [2.45, 2.75) is 58.8 Å². The molecule has 0 radical (unpaired) electrons. The Balaban J connectivity index is 0.00000280. The summed E-state index contributed by atoms with van der Waals surface area (Å²) >= 11 is 0. The number of methoxy groups -OCH3 is 1. The number of anilines is 1.